The average molecular weight is 257 g/mol. The quantitative estimate of drug-likeness (QED) is 0.776. The first-order valence-corrected chi connectivity index (χ1v) is 6.49. The molecule has 2 aromatic rings. The Morgan fingerprint density at radius 1 is 1.42 bits per heavy atom. The Morgan fingerprint density at radius 3 is 3.00 bits per heavy atom. The first-order valence-electron chi connectivity index (χ1n) is 6.49. The molecule has 0 aliphatic carbocycles. The number of para-hydroxylation sites is 1. The van der Waals surface area contributed by atoms with Crippen molar-refractivity contribution >= 4 is 22.7 Å². The molecule has 4 nitrogen and oxygen atoms in total. The molecule has 1 aliphatic rings. The van der Waals surface area contributed by atoms with Gasteiger partial charge in [-0.25, -0.2) is 0 Å². The molecule has 2 heterocycles. The van der Waals surface area contributed by atoms with Gasteiger partial charge in [-0.3, -0.25) is 9.59 Å². The van der Waals surface area contributed by atoms with E-state index >= 15 is 0 Å². The van der Waals surface area contributed by atoms with Crippen LogP contribution in [0.1, 0.15) is 23.8 Å². The van der Waals surface area contributed by atoms with Gasteiger partial charge in [-0.2, -0.15) is 0 Å². The van der Waals surface area contributed by atoms with Gasteiger partial charge in [0.15, 0.2) is 5.78 Å². The molecule has 1 aliphatic heterocycles. The number of esters is 1. The van der Waals surface area contributed by atoms with Gasteiger partial charge in [-0.05, 0) is 19.1 Å². The van der Waals surface area contributed by atoms with Gasteiger partial charge in [0.05, 0.1) is 18.2 Å². The number of fused-ring (bicyclic) bond motifs is 3. The first-order chi connectivity index (χ1) is 9.20. The zero-order valence-electron chi connectivity index (χ0n) is 10.8. The van der Waals surface area contributed by atoms with Gasteiger partial charge in [-0.1, -0.05) is 18.2 Å². The Morgan fingerprint density at radius 2 is 2.21 bits per heavy atom. The monoisotopic (exact) mass is 257 g/mol. The second-order valence-corrected chi connectivity index (χ2v) is 4.78. The molecule has 0 bridgehead atoms. The highest BCUT2D eigenvalue weighted by atomic mass is 16.5. The summed E-state index contributed by atoms with van der Waals surface area (Å²) in [5.74, 6) is -0.629. The minimum Gasteiger partial charge on any atom is -0.466 e. The zero-order chi connectivity index (χ0) is 13.4. The number of ketones is 1. The molecule has 0 spiro atoms. The van der Waals surface area contributed by atoms with Crippen molar-refractivity contribution in [2.24, 2.45) is 5.92 Å². The number of hydrogen-bond acceptors (Lipinski definition) is 3. The molecular weight excluding hydrogens is 242 g/mol. The van der Waals surface area contributed by atoms with Crippen LogP contribution in [-0.4, -0.2) is 22.9 Å². The molecule has 3 rings (SSSR count). The molecule has 1 aromatic carbocycles. The fourth-order valence-electron chi connectivity index (χ4n) is 2.67. The van der Waals surface area contributed by atoms with Crippen molar-refractivity contribution in [1.82, 2.24) is 4.57 Å². The molecule has 1 unspecified atom stereocenters. The molecule has 0 saturated heterocycles. The van der Waals surface area contributed by atoms with E-state index in [0.29, 0.717) is 18.8 Å². The highest BCUT2D eigenvalue weighted by Crippen LogP contribution is 2.28. The van der Waals surface area contributed by atoms with Crippen LogP contribution in [-0.2, 0) is 16.1 Å². The summed E-state index contributed by atoms with van der Waals surface area (Å²) < 4.78 is 6.96. The summed E-state index contributed by atoms with van der Waals surface area (Å²) in [5.41, 5.74) is 1.70. The van der Waals surface area contributed by atoms with Gasteiger partial charge >= 0.3 is 5.97 Å². The Kier molecular flexibility index (Phi) is 2.85. The minimum absolute atomic E-state index is 0.0144. The van der Waals surface area contributed by atoms with Crippen molar-refractivity contribution in [2.45, 2.75) is 19.9 Å². The van der Waals surface area contributed by atoms with Crippen molar-refractivity contribution in [3.63, 3.8) is 0 Å². The number of ether oxygens (including phenoxy) is 1. The Balaban J connectivity index is 2.03. The van der Waals surface area contributed by atoms with Gasteiger partial charge in [0.2, 0.25) is 0 Å². The molecule has 1 aromatic heterocycles. The Labute approximate surface area is 111 Å². The average Bonchev–Trinajstić information content (AvgIpc) is 2.78. The number of Topliss-reactive ketones (excluding diaryl/α,β-unsaturated/α-hetero) is 1. The largest absolute Gasteiger partial charge is 0.466 e. The third kappa shape index (κ3) is 1.93. The fourth-order valence-corrected chi connectivity index (χ4v) is 2.67. The van der Waals surface area contributed by atoms with Crippen LogP contribution < -0.4 is 0 Å². The number of carbonyl (C=O) groups excluding carboxylic acids is 2. The number of nitrogens with zero attached hydrogens (tertiary/aromatic N) is 1. The molecule has 4 heteroatoms. The predicted molar refractivity (Wildman–Crippen MR) is 71.0 cm³/mol. The van der Waals surface area contributed by atoms with Crippen LogP contribution in [0.2, 0.25) is 0 Å². The van der Waals surface area contributed by atoms with Crippen LogP contribution in [0.5, 0.6) is 0 Å². The maximum atomic E-state index is 12.1. The molecule has 19 heavy (non-hydrogen) atoms. The third-order valence-corrected chi connectivity index (χ3v) is 3.55. The van der Waals surface area contributed by atoms with Crippen molar-refractivity contribution < 1.29 is 14.3 Å². The summed E-state index contributed by atoms with van der Waals surface area (Å²) >= 11 is 0. The summed E-state index contributed by atoms with van der Waals surface area (Å²) in [6, 6.07) is 9.74. The normalized spacial score (nSPS) is 18.4. The molecular formula is C15H15NO3. The zero-order valence-corrected chi connectivity index (χ0v) is 10.8. The van der Waals surface area contributed by atoms with Gasteiger partial charge < -0.3 is 9.30 Å². The lowest BCUT2D eigenvalue weighted by molar-refractivity contribution is -0.148. The van der Waals surface area contributed by atoms with E-state index < -0.39 is 0 Å². The molecule has 1 atom stereocenters. The summed E-state index contributed by atoms with van der Waals surface area (Å²) in [5, 5.41) is 1.04. The molecule has 0 fully saturated rings. The molecule has 0 saturated carbocycles. The summed E-state index contributed by atoms with van der Waals surface area (Å²) in [7, 11) is 0. The second kappa shape index (κ2) is 4.53. The van der Waals surface area contributed by atoms with Crippen molar-refractivity contribution in [3.05, 3.63) is 36.0 Å². The fraction of sp³-hybridized carbons (Fsp3) is 0.333. The number of aromatic nitrogens is 1. The Bertz CT molecular complexity index is 656. The van der Waals surface area contributed by atoms with E-state index in [1.54, 1.807) is 6.92 Å². The number of rotatable bonds is 2. The summed E-state index contributed by atoms with van der Waals surface area (Å²) in [4.78, 5) is 24.0. The number of carbonyl (C=O) groups is 2. The molecule has 0 N–H and O–H groups in total. The minimum atomic E-state index is -0.365. The molecule has 98 valence electrons. The van der Waals surface area contributed by atoms with Gasteiger partial charge in [0.1, 0.15) is 0 Å². The summed E-state index contributed by atoms with van der Waals surface area (Å²) in [6.45, 7) is 2.65. The van der Waals surface area contributed by atoms with Crippen molar-refractivity contribution in [3.8, 4) is 0 Å². The SMILES string of the molecule is CCOC(=O)C1CC(=O)c2cc3ccccc3n2C1. The Hall–Kier alpha value is -2.10. The summed E-state index contributed by atoms with van der Waals surface area (Å²) in [6.07, 6.45) is 0.245. The maximum Gasteiger partial charge on any atom is 0.311 e. The lowest BCUT2D eigenvalue weighted by Crippen LogP contribution is -2.31. The van der Waals surface area contributed by atoms with Crippen LogP contribution in [0.4, 0.5) is 0 Å². The topological polar surface area (TPSA) is 48.3 Å². The number of hydrogen-bond donors (Lipinski definition) is 0. The van der Waals surface area contributed by atoms with Gasteiger partial charge in [-0.15, -0.1) is 0 Å². The highest BCUT2D eigenvalue weighted by molar-refractivity contribution is 6.02. The maximum absolute atomic E-state index is 12.1. The predicted octanol–water partition coefficient (Wildman–Crippen LogP) is 2.41. The lowest BCUT2D eigenvalue weighted by atomic mass is 9.97. The van der Waals surface area contributed by atoms with E-state index in [1.165, 1.54) is 0 Å². The lowest BCUT2D eigenvalue weighted by Gasteiger charge is -2.22. The smallest absolute Gasteiger partial charge is 0.311 e. The van der Waals surface area contributed by atoms with Gasteiger partial charge in [0.25, 0.3) is 0 Å². The van der Waals surface area contributed by atoms with Crippen LogP contribution in [0, 0.1) is 5.92 Å². The van der Waals surface area contributed by atoms with Gasteiger partial charge in [0, 0.05) is 23.9 Å². The van der Waals surface area contributed by atoms with E-state index in [9.17, 15) is 9.59 Å². The van der Waals surface area contributed by atoms with Crippen molar-refractivity contribution in [2.75, 3.05) is 6.61 Å². The molecule has 0 radical (unpaired) electrons. The standard InChI is InChI=1S/C15H15NO3/c1-2-19-15(18)11-8-14(17)13-7-10-5-3-4-6-12(10)16(13)9-11/h3-7,11H,2,8-9H2,1H3. The first kappa shape index (κ1) is 12.0. The highest BCUT2D eigenvalue weighted by Gasteiger charge is 2.31. The number of benzene rings is 1. The van der Waals surface area contributed by atoms with Crippen LogP contribution in [0.15, 0.2) is 30.3 Å². The van der Waals surface area contributed by atoms with E-state index in [2.05, 4.69) is 0 Å². The van der Waals surface area contributed by atoms with E-state index in [0.717, 1.165) is 10.9 Å². The van der Waals surface area contributed by atoms with Crippen molar-refractivity contribution in [1.29, 1.82) is 0 Å². The van der Waals surface area contributed by atoms with Crippen LogP contribution in [0.25, 0.3) is 10.9 Å². The van der Waals surface area contributed by atoms with E-state index in [1.807, 2.05) is 34.9 Å². The second-order valence-electron chi connectivity index (χ2n) is 4.78. The van der Waals surface area contributed by atoms with Crippen LogP contribution in [0.3, 0.4) is 0 Å². The van der Waals surface area contributed by atoms with E-state index in [4.69, 9.17) is 4.74 Å². The third-order valence-electron chi connectivity index (χ3n) is 3.55. The molecule has 0 amide bonds. The van der Waals surface area contributed by atoms with Crippen LogP contribution >= 0.6 is 0 Å². The van der Waals surface area contributed by atoms with E-state index in [-0.39, 0.29) is 24.1 Å².